The quantitative estimate of drug-likeness (QED) is 0.592. The van der Waals surface area contributed by atoms with Crippen LogP contribution in [0.3, 0.4) is 0 Å². The molecule has 4 rings (SSSR count). The third kappa shape index (κ3) is 4.59. The highest BCUT2D eigenvalue weighted by atomic mass is 16.2. The van der Waals surface area contributed by atoms with Crippen molar-refractivity contribution in [3.05, 3.63) is 35.9 Å². The summed E-state index contributed by atoms with van der Waals surface area (Å²) >= 11 is 0. The van der Waals surface area contributed by atoms with Gasteiger partial charge in [-0.1, -0.05) is 56.0 Å². The first-order chi connectivity index (χ1) is 14.2. The Kier molecular flexibility index (Phi) is 6.41. The Bertz CT molecular complexity index is 705. The summed E-state index contributed by atoms with van der Waals surface area (Å²) in [7, 11) is 1.84. The van der Waals surface area contributed by atoms with Crippen LogP contribution in [0, 0.1) is 5.92 Å². The van der Waals surface area contributed by atoms with Crippen molar-refractivity contribution in [1.82, 2.24) is 15.5 Å². The van der Waals surface area contributed by atoms with Crippen LogP contribution in [0.25, 0.3) is 0 Å². The fraction of sp³-hybridized carbons (Fsp3) is 0.667. The van der Waals surface area contributed by atoms with E-state index < -0.39 is 0 Å². The average Bonchev–Trinajstić information content (AvgIpc) is 3.53. The zero-order valence-electron chi connectivity index (χ0n) is 17.8. The summed E-state index contributed by atoms with van der Waals surface area (Å²) in [5, 5.41) is 7.19. The first-order valence-corrected chi connectivity index (χ1v) is 11.5. The topological polar surface area (TPSA) is 56.7 Å². The lowest BCUT2D eigenvalue weighted by Gasteiger charge is -2.31. The fourth-order valence-electron chi connectivity index (χ4n) is 5.56. The van der Waals surface area contributed by atoms with Gasteiger partial charge in [-0.15, -0.1) is 0 Å². The van der Waals surface area contributed by atoms with Crippen molar-refractivity contribution in [3.63, 3.8) is 0 Å². The molecule has 158 valence electrons. The molecule has 5 heteroatoms. The van der Waals surface area contributed by atoms with Crippen LogP contribution < -0.4 is 10.6 Å². The molecule has 1 heterocycles. The van der Waals surface area contributed by atoms with Crippen molar-refractivity contribution >= 4 is 11.9 Å². The minimum atomic E-state index is 0.207. The summed E-state index contributed by atoms with van der Waals surface area (Å²) in [6.07, 6.45) is 10.6. The summed E-state index contributed by atoms with van der Waals surface area (Å²) in [4.78, 5) is 19.2. The molecule has 0 spiro atoms. The Balaban J connectivity index is 1.31. The first kappa shape index (κ1) is 20.2. The van der Waals surface area contributed by atoms with E-state index in [0.717, 1.165) is 44.9 Å². The monoisotopic (exact) mass is 396 g/mol. The minimum absolute atomic E-state index is 0.207. The van der Waals surface area contributed by atoms with Gasteiger partial charge in [0.15, 0.2) is 5.96 Å². The zero-order valence-corrected chi connectivity index (χ0v) is 17.8. The lowest BCUT2D eigenvalue weighted by molar-refractivity contribution is -0.134. The molecule has 2 N–H and O–H groups in total. The van der Waals surface area contributed by atoms with Gasteiger partial charge in [-0.2, -0.15) is 0 Å². The number of hydrogen-bond donors (Lipinski definition) is 2. The fourth-order valence-corrected chi connectivity index (χ4v) is 5.56. The average molecular weight is 397 g/mol. The normalized spacial score (nSPS) is 24.8. The predicted molar refractivity (Wildman–Crippen MR) is 118 cm³/mol. The van der Waals surface area contributed by atoms with Crippen molar-refractivity contribution in [2.45, 2.75) is 69.2 Å². The van der Waals surface area contributed by atoms with E-state index in [1.54, 1.807) is 0 Å². The molecule has 2 aliphatic carbocycles. The second-order valence-electron chi connectivity index (χ2n) is 9.17. The Hall–Kier alpha value is -2.04. The van der Waals surface area contributed by atoms with E-state index in [-0.39, 0.29) is 11.3 Å². The van der Waals surface area contributed by atoms with Crippen molar-refractivity contribution < 1.29 is 4.79 Å². The Labute approximate surface area is 175 Å². The number of nitrogens with zero attached hydrogens (tertiary/aromatic N) is 2. The number of aliphatic imine (C=N–C) groups is 1. The highest BCUT2D eigenvalue weighted by molar-refractivity contribution is 5.81. The molecule has 1 aromatic carbocycles. The number of likely N-dealkylation sites (tertiary alicyclic amines) is 1. The maximum Gasteiger partial charge on any atom is 0.225 e. The number of carbonyl (C=O) groups is 1. The first-order valence-electron chi connectivity index (χ1n) is 11.5. The van der Waals surface area contributed by atoms with Gasteiger partial charge in [-0.3, -0.25) is 9.79 Å². The molecule has 3 aliphatic rings. The van der Waals surface area contributed by atoms with Crippen LogP contribution in [0.15, 0.2) is 35.3 Å². The molecule has 1 unspecified atom stereocenters. The molecular weight excluding hydrogens is 360 g/mol. The molecule has 5 nitrogen and oxygen atoms in total. The van der Waals surface area contributed by atoms with Gasteiger partial charge in [0, 0.05) is 44.1 Å². The van der Waals surface area contributed by atoms with E-state index in [1.807, 2.05) is 7.05 Å². The molecule has 2 saturated carbocycles. The van der Waals surface area contributed by atoms with Crippen LogP contribution in [0.4, 0.5) is 0 Å². The highest BCUT2D eigenvalue weighted by Crippen LogP contribution is 2.40. The SMILES string of the molecule is CN=C(NCC1(c2ccccc2)CCCC1)NC1CCN(C(=O)C2CCCC2)C1. The minimum Gasteiger partial charge on any atom is -0.356 e. The number of carbonyl (C=O) groups excluding carboxylic acids is 1. The van der Waals surface area contributed by atoms with Crippen LogP contribution in [-0.4, -0.2) is 49.5 Å². The molecule has 0 bridgehead atoms. The molecule has 0 radical (unpaired) electrons. The van der Waals surface area contributed by atoms with Crippen LogP contribution in [0.1, 0.15) is 63.4 Å². The number of guanidine groups is 1. The van der Waals surface area contributed by atoms with Gasteiger partial charge in [0.25, 0.3) is 0 Å². The van der Waals surface area contributed by atoms with E-state index in [1.165, 1.54) is 44.1 Å². The molecular formula is C24H36N4O. The summed E-state index contributed by atoms with van der Waals surface area (Å²) in [6, 6.07) is 11.2. The van der Waals surface area contributed by atoms with Gasteiger partial charge in [0.1, 0.15) is 0 Å². The van der Waals surface area contributed by atoms with E-state index >= 15 is 0 Å². The second-order valence-corrected chi connectivity index (χ2v) is 9.17. The van der Waals surface area contributed by atoms with Crippen molar-refractivity contribution in [2.24, 2.45) is 10.9 Å². The maximum absolute atomic E-state index is 12.7. The van der Waals surface area contributed by atoms with Gasteiger partial charge in [0.2, 0.25) is 5.91 Å². The van der Waals surface area contributed by atoms with Crippen molar-refractivity contribution in [1.29, 1.82) is 0 Å². The number of rotatable bonds is 5. The largest absolute Gasteiger partial charge is 0.356 e. The van der Waals surface area contributed by atoms with Crippen LogP contribution in [0.2, 0.25) is 0 Å². The smallest absolute Gasteiger partial charge is 0.225 e. The van der Waals surface area contributed by atoms with Crippen LogP contribution in [-0.2, 0) is 10.2 Å². The Morgan fingerprint density at radius 3 is 2.52 bits per heavy atom. The number of nitrogens with one attached hydrogen (secondary N) is 2. The van der Waals surface area contributed by atoms with Crippen molar-refractivity contribution in [2.75, 3.05) is 26.7 Å². The number of hydrogen-bond acceptors (Lipinski definition) is 2. The maximum atomic E-state index is 12.7. The summed E-state index contributed by atoms with van der Waals surface area (Å²) < 4.78 is 0. The van der Waals surface area contributed by atoms with E-state index in [4.69, 9.17) is 0 Å². The summed E-state index contributed by atoms with van der Waals surface area (Å²) in [5.41, 5.74) is 1.65. The second kappa shape index (κ2) is 9.19. The number of amides is 1. The lowest BCUT2D eigenvalue weighted by Crippen LogP contribution is -2.49. The molecule has 1 atom stereocenters. The van der Waals surface area contributed by atoms with Gasteiger partial charge >= 0.3 is 0 Å². The molecule has 29 heavy (non-hydrogen) atoms. The molecule has 1 amide bonds. The number of benzene rings is 1. The van der Waals surface area contributed by atoms with Gasteiger partial charge < -0.3 is 15.5 Å². The third-order valence-corrected chi connectivity index (χ3v) is 7.31. The molecule has 0 aromatic heterocycles. The molecule has 1 saturated heterocycles. The Morgan fingerprint density at radius 1 is 1.10 bits per heavy atom. The van der Waals surface area contributed by atoms with E-state index in [2.05, 4.69) is 50.9 Å². The van der Waals surface area contributed by atoms with Crippen LogP contribution in [0.5, 0.6) is 0 Å². The zero-order chi connectivity index (χ0) is 20.1. The standard InChI is InChI=1S/C24H36N4O/c1-25-23(26-18-24(14-7-8-15-24)20-11-3-2-4-12-20)27-21-13-16-28(17-21)22(29)19-9-5-6-10-19/h2-4,11-12,19,21H,5-10,13-18H2,1H3,(H2,25,26,27). The highest BCUT2D eigenvalue weighted by Gasteiger charge is 2.36. The lowest BCUT2D eigenvalue weighted by atomic mass is 9.79. The van der Waals surface area contributed by atoms with Gasteiger partial charge in [-0.25, -0.2) is 0 Å². The third-order valence-electron chi connectivity index (χ3n) is 7.31. The molecule has 1 aliphatic heterocycles. The van der Waals surface area contributed by atoms with E-state index in [0.29, 0.717) is 11.9 Å². The summed E-state index contributed by atoms with van der Waals surface area (Å²) in [5.74, 6) is 1.52. The predicted octanol–water partition coefficient (Wildman–Crippen LogP) is 3.45. The molecule has 1 aromatic rings. The van der Waals surface area contributed by atoms with E-state index in [9.17, 15) is 4.79 Å². The molecule has 3 fully saturated rings. The summed E-state index contributed by atoms with van der Waals surface area (Å²) in [6.45, 7) is 2.59. The van der Waals surface area contributed by atoms with Gasteiger partial charge in [-0.05, 0) is 37.7 Å². The van der Waals surface area contributed by atoms with Crippen LogP contribution >= 0.6 is 0 Å². The van der Waals surface area contributed by atoms with Gasteiger partial charge in [0.05, 0.1) is 0 Å². The Morgan fingerprint density at radius 2 is 1.83 bits per heavy atom. The van der Waals surface area contributed by atoms with Crippen molar-refractivity contribution in [3.8, 4) is 0 Å².